The lowest BCUT2D eigenvalue weighted by Crippen LogP contribution is -2.49. The van der Waals surface area contributed by atoms with E-state index >= 15 is 0 Å². The summed E-state index contributed by atoms with van der Waals surface area (Å²) in [6.07, 6.45) is 3.09. The molecule has 1 aliphatic rings. The first-order chi connectivity index (χ1) is 18.2. The molecular formula is C28H31N7O2S. The summed E-state index contributed by atoms with van der Waals surface area (Å²) in [5, 5.41) is 17.4. The van der Waals surface area contributed by atoms with E-state index < -0.39 is 10.0 Å². The Morgan fingerprint density at radius 2 is 1.95 bits per heavy atom. The monoisotopic (exact) mass is 529 g/mol. The molecule has 1 fully saturated rings. The summed E-state index contributed by atoms with van der Waals surface area (Å²) in [5.41, 5.74) is 4.62. The van der Waals surface area contributed by atoms with Crippen molar-refractivity contribution < 1.29 is 8.42 Å². The number of fused-ring (bicyclic) bond motifs is 1. The molecule has 3 heterocycles. The van der Waals surface area contributed by atoms with Crippen LogP contribution in [0.2, 0.25) is 0 Å². The third-order valence-electron chi connectivity index (χ3n) is 6.89. The summed E-state index contributed by atoms with van der Waals surface area (Å²) in [6, 6.07) is 22.0. The van der Waals surface area contributed by atoms with Crippen molar-refractivity contribution in [1.82, 2.24) is 14.9 Å². The number of pyridine rings is 1. The van der Waals surface area contributed by atoms with Crippen molar-refractivity contribution in [1.29, 1.82) is 5.26 Å². The maximum atomic E-state index is 12.2. The second kappa shape index (κ2) is 10.4. The van der Waals surface area contributed by atoms with E-state index in [2.05, 4.69) is 40.7 Å². The van der Waals surface area contributed by atoms with Crippen molar-refractivity contribution >= 4 is 43.9 Å². The fourth-order valence-corrected chi connectivity index (χ4v) is 5.33. The molecule has 2 aromatic carbocycles. The predicted molar refractivity (Wildman–Crippen MR) is 153 cm³/mol. The maximum absolute atomic E-state index is 12.2. The van der Waals surface area contributed by atoms with Crippen LogP contribution in [0.5, 0.6) is 0 Å². The predicted octanol–water partition coefficient (Wildman–Crippen LogP) is 3.89. The fourth-order valence-electron chi connectivity index (χ4n) is 4.79. The average Bonchev–Trinajstić information content (AvgIpc) is 3.29. The minimum absolute atomic E-state index is 0.426. The van der Waals surface area contributed by atoms with Crippen molar-refractivity contribution in [3.63, 3.8) is 0 Å². The van der Waals surface area contributed by atoms with Gasteiger partial charge in [0.1, 0.15) is 11.7 Å². The van der Waals surface area contributed by atoms with Crippen molar-refractivity contribution in [3.05, 3.63) is 78.0 Å². The normalized spacial score (nSPS) is 15.8. The van der Waals surface area contributed by atoms with E-state index in [1.54, 1.807) is 13.1 Å². The van der Waals surface area contributed by atoms with Gasteiger partial charge in [-0.1, -0.05) is 18.2 Å². The van der Waals surface area contributed by atoms with Gasteiger partial charge < -0.3 is 20.1 Å². The molecule has 1 saturated heterocycles. The Morgan fingerprint density at radius 3 is 2.66 bits per heavy atom. The second-order valence-electron chi connectivity index (χ2n) is 9.69. The number of rotatable bonds is 7. The highest BCUT2D eigenvalue weighted by molar-refractivity contribution is 7.92. The molecule has 0 unspecified atom stereocenters. The summed E-state index contributed by atoms with van der Waals surface area (Å²) >= 11 is 0. The molecule has 9 nitrogen and oxygen atoms in total. The molecule has 2 aromatic heterocycles. The zero-order chi connectivity index (χ0) is 26.9. The van der Waals surface area contributed by atoms with Gasteiger partial charge >= 0.3 is 0 Å². The number of sulfonamides is 1. The SMILES string of the molecule is C[C@H]1CN(c2ccc(Nc3nc4c(ccn4Cc4ccccc4N(C)S(C)(=O)=O)cc3C#N)cc2)CCN1. The Labute approximate surface area is 223 Å². The van der Waals surface area contributed by atoms with E-state index in [-0.39, 0.29) is 0 Å². The number of benzene rings is 2. The third kappa shape index (κ3) is 5.30. The minimum atomic E-state index is -3.41. The average molecular weight is 530 g/mol. The molecule has 2 N–H and O–H groups in total. The van der Waals surface area contributed by atoms with Crippen molar-refractivity contribution in [2.75, 3.05) is 47.5 Å². The number of aromatic nitrogens is 2. The molecule has 5 rings (SSSR count). The van der Waals surface area contributed by atoms with Crippen LogP contribution in [-0.2, 0) is 16.6 Å². The van der Waals surface area contributed by atoms with Crippen molar-refractivity contribution in [2.45, 2.75) is 19.5 Å². The number of nitrogens with zero attached hydrogens (tertiary/aromatic N) is 5. The highest BCUT2D eigenvalue weighted by Gasteiger charge is 2.18. The molecule has 10 heteroatoms. The van der Waals surface area contributed by atoms with Gasteiger partial charge in [-0.25, -0.2) is 13.4 Å². The molecule has 0 aliphatic carbocycles. The van der Waals surface area contributed by atoms with E-state index in [9.17, 15) is 13.7 Å². The lowest BCUT2D eigenvalue weighted by atomic mass is 10.1. The van der Waals surface area contributed by atoms with Crippen molar-refractivity contribution in [2.24, 2.45) is 0 Å². The highest BCUT2D eigenvalue weighted by atomic mass is 32.2. The third-order valence-corrected chi connectivity index (χ3v) is 8.08. The van der Waals surface area contributed by atoms with Crippen LogP contribution in [0.25, 0.3) is 11.0 Å². The second-order valence-corrected chi connectivity index (χ2v) is 11.7. The molecule has 0 radical (unpaired) electrons. The summed E-state index contributed by atoms with van der Waals surface area (Å²) in [6.45, 7) is 5.50. The Balaban J connectivity index is 1.43. The van der Waals surface area contributed by atoms with E-state index in [0.717, 1.165) is 36.3 Å². The first-order valence-electron chi connectivity index (χ1n) is 12.5. The van der Waals surface area contributed by atoms with Gasteiger partial charge in [0.05, 0.1) is 24.1 Å². The molecule has 196 valence electrons. The first kappa shape index (κ1) is 25.6. The molecule has 1 atom stereocenters. The van der Waals surface area contributed by atoms with Gasteiger partial charge in [0.2, 0.25) is 10.0 Å². The van der Waals surface area contributed by atoms with E-state index in [1.165, 1.54) is 16.2 Å². The van der Waals surface area contributed by atoms with Crippen LogP contribution in [0.1, 0.15) is 18.1 Å². The van der Waals surface area contributed by atoms with Crippen molar-refractivity contribution in [3.8, 4) is 6.07 Å². The number of hydrogen-bond donors (Lipinski definition) is 2. The topological polar surface area (TPSA) is 106 Å². The van der Waals surface area contributed by atoms with Crippen LogP contribution < -0.4 is 19.8 Å². The molecule has 38 heavy (non-hydrogen) atoms. The number of piperazine rings is 1. The van der Waals surface area contributed by atoms with Crippen LogP contribution in [0.3, 0.4) is 0 Å². The van der Waals surface area contributed by atoms with E-state index in [0.29, 0.717) is 35.3 Å². The summed E-state index contributed by atoms with van der Waals surface area (Å²) < 4.78 is 27.6. The van der Waals surface area contributed by atoms with Gasteiger partial charge in [0.15, 0.2) is 5.82 Å². The Kier molecular flexibility index (Phi) is 6.97. The number of nitriles is 1. The lowest BCUT2D eigenvalue weighted by Gasteiger charge is -2.33. The largest absolute Gasteiger partial charge is 0.369 e. The summed E-state index contributed by atoms with van der Waals surface area (Å²) in [7, 11) is -1.86. The Bertz CT molecular complexity index is 1610. The standard InChI is InChI=1S/C28H31N7O2S/c1-20-18-34(15-13-30-20)25-10-8-24(9-11-25)31-27-23(17-29)16-21-12-14-35(28(21)32-27)19-22-6-4-5-7-26(22)33(2)38(3,36)37/h4-12,14,16,20,30H,13,15,18-19H2,1-3H3,(H,31,32)/t20-/m0/s1. The number of hydrogen-bond acceptors (Lipinski definition) is 7. The molecule has 4 aromatic rings. The quantitative estimate of drug-likeness (QED) is 0.374. The summed E-state index contributed by atoms with van der Waals surface area (Å²) in [5.74, 6) is 0.477. The van der Waals surface area contributed by atoms with Gasteiger partial charge in [0.25, 0.3) is 0 Å². The van der Waals surface area contributed by atoms with Crippen LogP contribution in [-0.4, -0.2) is 56.9 Å². The molecule has 0 bridgehead atoms. The first-order valence-corrected chi connectivity index (χ1v) is 14.3. The lowest BCUT2D eigenvalue weighted by molar-refractivity contribution is 0.485. The minimum Gasteiger partial charge on any atom is -0.369 e. The van der Waals surface area contributed by atoms with Gasteiger partial charge in [-0.15, -0.1) is 0 Å². The van der Waals surface area contributed by atoms with Crippen LogP contribution >= 0.6 is 0 Å². The zero-order valence-corrected chi connectivity index (χ0v) is 22.5. The molecule has 0 amide bonds. The Hall–Kier alpha value is -4.07. The Morgan fingerprint density at radius 1 is 1.18 bits per heavy atom. The van der Waals surface area contributed by atoms with E-state index in [1.807, 2.05) is 53.2 Å². The molecule has 0 saturated carbocycles. The molecule has 1 aliphatic heterocycles. The molecule has 0 spiro atoms. The van der Waals surface area contributed by atoms with Crippen LogP contribution in [0.15, 0.2) is 66.9 Å². The zero-order valence-electron chi connectivity index (χ0n) is 21.7. The van der Waals surface area contributed by atoms with Gasteiger partial charge in [-0.3, -0.25) is 4.31 Å². The smallest absolute Gasteiger partial charge is 0.232 e. The molecular weight excluding hydrogens is 498 g/mol. The van der Waals surface area contributed by atoms with Gasteiger partial charge in [0, 0.05) is 55.7 Å². The van der Waals surface area contributed by atoms with Gasteiger partial charge in [-0.2, -0.15) is 5.26 Å². The summed E-state index contributed by atoms with van der Waals surface area (Å²) in [4.78, 5) is 7.18. The fraction of sp³-hybridized carbons (Fsp3) is 0.286. The van der Waals surface area contributed by atoms with Crippen LogP contribution in [0, 0.1) is 11.3 Å². The van der Waals surface area contributed by atoms with Gasteiger partial charge in [-0.05, 0) is 55.0 Å². The van der Waals surface area contributed by atoms with Crippen LogP contribution in [0.4, 0.5) is 22.9 Å². The maximum Gasteiger partial charge on any atom is 0.232 e. The van der Waals surface area contributed by atoms with E-state index in [4.69, 9.17) is 4.98 Å². The number of nitrogens with one attached hydrogen (secondary N) is 2. The number of para-hydroxylation sites is 1. The highest BCUT2D eigenvalue weighted by Crippen LogP contribution is 2.28. The number of anilines is 4.